The van der Waals surface area contributed by atoms with Gasteiger partial charge in [-0.3, -0.25) is 4.98 Å². The standard InChI is InChI=1S/C28H23N3O3S/c1-18-25(17-35-28-30-23-8-3-4-9-24(23)31-28)29-15-14-26(18)34-22-12-10-19(11-13-22)20-6-5-7-21(16-20)27(32)33-2/h3-16H,17H2,1-2H3,(H,30,31). The number of methoxy groups -OCH3 is 1. The molecule has 0 aliphatic rings. The van der Waals surface area contributed by atoms with E-state index >= 15 is 0 Å². The topological polar surface area (TPSA) is 77.1 Å². The zero-order valence-electron chi connectivity index (χ0n) is 19.3. The molecule has 0 saturated carbocycles. The lowest BCUT2D eigenvalue weighted by Gasteiger charge is -2.12. The molecule has 35 heavy (non-hydrogen) atoms. The van der Waals surface area contributed by atoms with Crippen molar-refractivity contribution < 1.29 is 14.3 Å². The summed E-state index contributed by atoms with van der Waals surface area (Å²) in [6.07, 6.45) is 1.77. The van der Waals surface area contributed by atoms with Crippen LogP contribution < -0.4 is 4.74 Å². The van der Waals surface area contributed by atoms with Crippen molar-refractivity contribution in [2.75, 3.05) is 7.11 Å². The van der Waals surface area contributed by atoms with E-state index in [2.05, 4.69) is 15.0 Å². The first-order valence-electron chi connectivity index (χ1n) is 11.1. The summed E-state index contributed by atoms with van der Waals surface area (Å²) in [5.41, 5.74) is 6.36. The molecule has 0 saturated heterocycles. The molecule has 3 aromatic carbocycles. The van der Waals surface area contributed by atoms with E-state index in [-0.39, 0.29) is 5.97 Å². The van der Waals surface area contributed by atoms with Crippen molar-refractivity contribution >= 4 is 28.8 Å². The van der Waals surface area contributed by atoms with Gasteiger partial charge in [-0.25, -0.2) is 9.78 Å². The van der Waals surface area contributed by atoms with E-state index in [4.69, 9.17) is 9.47 Å². The Bertz CT molecular complexity index is 1460. The average molecular weight is 482 g/mol. The van der Waals surface area contributed by atoms with Crippen LogP contribution in [0.1, 0.15) is 21.6 Å². The molecule has 0 amide bonds. The fourth-order valence-electron chi connectivity index (χ4n) is 3.74. The van der Waals surface area contributed by atoms with Crippen molar-refractivity contribution in [3.8, 4) is 22.6 Å². The third-order valence-electron chi connectivity index (χ3n) is 5.67. The Morgan fingerprint density at radius 3 is 2.60 bits per heavy atom. The summed E-state index contributed by atoms with van der Waals surface area (Å²) >= 11 is 1.62. The van der Waals surface area contributed by atoms with Gasteiger partial charge in [0.25, 0.3) is 0 Å². The van der Waals surface area contributed by atoms with E-state index < -0.39 is 0 Å². The van der Waals surface area contributed by atoms with Gasteiger partial charge < -0.3 is 14.5 Å². The number of fused-ring (bicyclic) bond motifs is 1. The first kappa shape index (κ1) is 22.7. The summed E-state index contributed by atoms with van der Waals surface area (Å²) in [7, 11) is 1.38. The van der Waals surface area contributed by atoms with E-state index in [0.29, 0.717) is 11.3 Å². The van der Waals surface area contributed by atoms with Crippen molar-refractivity contribution in [2.45, 2.75) is 17.8 Å². The minimum absolute atomic E-state index is 0.353. The molecule has 2 aromatic heterocycles. The summed E-state index contributed by atoms with van der Waals surface area (Å²) in [6, 6.07) is 25.0. The Morgan fingerprint density at radius 2 is 1.80 bits per heavy atom. The Balaban J connectivity index is 1.29. The normalized spacial score (nSPS) is 10.9. The third-order valence-corrected chi connectivity index (χ3v) is 6.56. The highest BCUT2D eigenvalue weighted by molar-refractivity contribution is 7.98. The Hall–Kier alpha value is -4.10. The third kappa shape index (κ3) is 5.05. The number of thioether (sulfide) groups is 1. The maximum Gasteiger partial charge on any atom is 0.337 e. The van der Waals surface area contributed by atoms with Crippen LogP contribution in [0.2, 0.25) is 0 Å². The summed E-state index contributed by atoms with van der Waals surface area (Å²) in [4.78, 5) is 24.3. The van der Waals surface area contributed by atoms with Gasteiger partial charge in [-0.15, -0.1) is 0 Å². The largest absolute Gasteiger partial charge is 0.465 e. The molecule has 5 rings (SSSR count). The van der Waals surface area contributed by atoms with Crippen LogP contribution in [0.3, 0.4) is 0 Å². The number of aromatic amines is 1. The summed E-state index contributed by atoms with van der Waals surface area (Å²) < 4.78 is 11.0. The van der Waals surface area contributed by atoms with Gasteiger partial charge in [-0.1, -0.05) is 48.2 Å². The fourth-order valence-corrected chi connectivity index (χ4v) is 4.65. The first-order valence-corrected chi connectivity index (χ1v) is 12.1. The van der Waals surface area contributed by atoms with Crippen molar-refractivity contribution in [3.63, 3.8) is 0 Å². The number of benzene rings is 3. The lowest BCUT2D eigenvalue weighted by molar-refractivity contribution is 0.0601. The number of nitrogens with zero attached hydrogens (tertiary/aromatic N) is 2. The molecule has 2 heterocycles. The minimum atomic E-state index is -0.353. The van der Waals surface area contributed by atoms with E-state index in [0.717, 1.165) is 50.1 Å². The lowest BCUT2D eigenvalue weighted by atomic mass is 10.0. The van der Waals surface area contributed by atoms with Crippen molar-refractivity contribution in [1.82, 2.24) is 15.0 Å². The lowest BCUT2D eigenvalue weighted by Crippen LogP contribution is -2.00. The van der Waals surface area contributed by atoms with Gasteiger partial charge in [0.05, 0.1) is 29.4 Å². The highest BCUT2D eigenvalue weighted by Crippen LogP contribution is 2.31. The zero-order valence-corrected chi connectivity index (χ0v) is 20.1. The first-order chi connectivity index (χ1) is 17.1. The van der Waals surface area contributed by atoms with Crippen LogP contribution in [-0.4, -0.2) is 28.0 Å². The number of nitrogens with one attached hydrogen (secondary N) is 1. The minimum Gasteiger partial charge on any atom is -0.465 e. The van der Waals surface area contributed by atoms with E-state index in [1.54, 1.807) is 24.0 Å². The average Bonchev–Trinajstić information content (AvgIpc) is 3.32. The van der Waals surface area contributed by atoms with E-state index in [1.165, 1.54) is 7.11 Å². The van der Waals surface area contributed by atoms with Crippen molar-refractivity contribution in [2.24, 2.45) is 0 Å². The summed E-state index contributed by atoms with van der Waals surface area (Å²) in [6.45, 7) is 2.02. The highest BCUT2D eigenvalue weighted by atomic mass is 32.2. The number of aromatic nitrogens is 3. The number of rotatable bonds is 7. The van der Waals surface area contributed by atoms with Crippen LogP contribution in [-0.2, 0) is 10.5 Å². The second kappa shape index (κ2) is 10.0. The molecule has 6 nitrogen and oxygen atoms in total. The van der Waals surface area contributed by atoms with E-state index in [9.17, 15) is 4.79 Å². The molecule has 7 heteroatoms. The summed E-state index contributed by atoms with van der Waals surface area (Å²) in [5, 5.41) is 0.866. The molecule has 0 aliphatic carbocycles. The molecule has 5 aromatic rings. The maximum absolute atomic E-state index is 11.8. The maximum atomic E-state index is 11.8. The number of ether oxygens (including phenoxy) is 2. The molecule has 0 fully saturated rings. The Morgan fingerprint density at radius 1 is 0.971 bits per heavy atom. The van der Waals surface area contributed by atoms with Crippen LogP contribution in [0.15, 0.2) is 90.2 Å². The predicted octanol–water partition coefficient (Wildman–Crippen LogP) is 6.80. The van der Waals surface area contributed by atoms with Gasteiger partial charge in [0.15, 0.2) is 5.16 Å². The zero-order chi connectivity index (χ0) is 24.2. The van der Waals surface area contributed by atoms with Crippen LogP contribution >= 0.6 is 11.8 Å². The van der Waals surface area contributed by atoms with Crippen molar-refractivity contribution in [1.29, 1.82) is 0 Å². The fraction of sp³-hybridized carbons (Fsp3) is 0.107. The number of H-pyrrole nitrogens is 1. The summed E-state index contributed by atoms with van der Waals surface area (Å²) in [5.74, 6) is 1.82. The molecule has 0 spiro atoms. The van der Waals surface area contributed by atoms with Gasteiger partial charge in [0, 0.05) is 17.5 Å². The Labute approximate surface area is 207 Å². The predicted molar refractivity (Wildman–Crippen MR) is 138 cm³/mol. The second-order valence-electron chi connectivity index (χ2n) is 7.93. The molecule has 0 atom stereocenters. The molecule has 174 valence electrons. The van der Waals surface area contributed by atoms with E-state index in [1.807, 2.05) is 79.7 Å². The number of carbonyl (C=O) groups excluding carboxylic acids is 1. The smallest absolute Gasteiger partial charge is 0.337 e. The molecule has 0 aliphatic heterocycles. The number of esters is 1. The second-order valence-corrected chi connectivity index (χ2v) is 8.89. The number of hydrogen-bond donors (Lipinski definition) is 1. The molecule has 0 radical (unpaired) electrons. The van der Waals surface area contributed by atoms with Crippen LogP contribution in [0, 0.1) is 6.92 Å². The quantitative estimate of drug-likeness (QED) is 0.203. The number of carbonyl (C=O) groups is 1. The van der Waals surface area contributed by atoms with Gasteiger partial charge in [0.1, 0.15) is 11.5 Å². The van der Waals surface area contributed by atoms with Gasteiger partial charge >= 0.3 is 5.97 Å². The number of hydrogen-bond acceptors (Lipinski definition) is 6. The molecule has 1 N–H and O–H groups in total. The molecule has 0 bridgehead atoms. The number of pyridine rings is 1. The van der Waals surface area contributed by atoms with Gasteiger partial charge in [-0.05, 0) is 60.5 Å². The van der Waals surface area contributed by atoms with Gasteiger partial charge in [0.2, 0.25) is 0 Å². The van der Waals surface area contributed by atoms with Crippen LogP contribution in [0.5, 0.6) is 11.5 Å². The SMILES string of the molecule is COC(=O)c1cccc(-c2ccc(Oc3ccnc(CSc4nc5ccccc5[nH]4)c3C)cc2)c1. The number of imidazole rings is 1. The van der Waals surface area contributed by atoms with Crippen molar-refractivity contribution in [3.05, 3.63) is 102 Å². The molecular weight excluding hydrogens is 458 g/mol. The number of para-hydroxylation sites is 2. The molecule has 0 unspecified atom stereocenters. The monoisotopic (exact) mass is 481 g/mol. The molecular formula is C28H23N3O3S. The van der Waals surface area contributed by atoms with Crippen LogP contribution in [0.25, 0.3) is 22.2 Å². The van der Waals surface area contributed by atoms with Gasteiger partial charge in [-0.2, -0.15) is 0 Å². The van der Waals surface area contributed by atoms with Crippen LogP contribution in [0.4, 0.5) is 0 Å². The highest BCUT2D eigenvalue weighted by Gasteiger charge is 2.11. The Kier molecular flexibility index (Phi) is 6.50.